The lowest BCUT2D eigenvalue weighted by Gasteiger charge is -2.17. The average Bonchev–Trinajstić information content (AvgIpc) is 2.60. The summed E-state index contributed by atoms with van der Waals surface area (Å²) in [5, 5.41) is 11.8. The predicted molar refractivity (Wildman–Crippen MR) is 61.2 cm³/mol. The van der Waals surface area contributed by atoms with Crippen LogP contribution < -0.4 is 0 Å². The predicted octanol–water partition coefficient (Wildman–Crippen LogP) is 3.19. The fraction of sp³-hybridized carbons (Fsp3) is 0.333. The van der Waals surface area contributed by atoms with Crippen molar-refractivity contribution in [1.29, 1.82) is 0 Å². The molecule has 0 aliphatic heterocycles. The Bertz CT molecular complexity index is 518. The number of H-pyrrole nitrogens is 1. The van der Waals surface area contributed by atoms with E-state index in [2.05, 4.69) is 11.1 Å². The number of benzene rings is 1. The lowest BCUT2D eigenvalue weighted by atomic mass is 9.94. The molecule has 2 aromatic rings. The number of aliphatic hydroxyl groups excluding tert-OH is 1. The highest BCUT2D eigenvalue weighted by molar-refractivity contribution is 6.35. The van der Waals surface area contributed by atoms with Crippen molar-refractivity contribution in [2.45, 2.75) is 25.4 Å². The Kier molecular flexibility index (Phi) is 2.01. The molecule has 78 valence electrons. The van der Waals surface area contributed by atoms with Gasteiger partial charge in [-0.15, -0.1) is 0 Å². The maximum absolute atomic E-state index is 9.88. The second kappa shape index (κ2) is 3.26. The molecule has 0 amide bonds. The van der Waals surface area contributed by atoms with Gasteiger partial charge in [-0.25, -0.2) is 0 Å². The van der Waals surface area contributed by atoms with E-state index in [-0.39, 0.29) is 6.10 Å². The molecule has 3 heteroatoms. The summed E-state index contributed by atoms with van der Waals surface area (Å²) in [7, 11) is 0. The molecule has 0 saturated carbocycles. The second-order valence-corrected chi connectivity index (χ2v) is 4.49. The number of halogens is 1. The molecule has 1 heterocycles. The highest BCUT2D eigenvalue weighted by Crippen LogP contribution is 2.36. The minimum atomic E-state index is -0.350. The van der Waals surface area contributed by atoms with E-state index in [1.54, 1.807) is 0 Å². The number of hydrogen-bond donors (Lipinski definition) is 2. The smallest absolute Gasteiger partial charge is 0.0941 e. The van der Waals surface area contributed by atoms with Gasteiger partial charge >= 0.3 is 0 Å². The first-order chi connectivity index (χ1) is 7.27. The molecular formula is C12H12ClNO. The fourth-order valence-electron chi connectivity index (χ4n) is 2.43. The molecule has 1 aliphatic rings. The highest BCUT2D eigenvalue weighted by Gasteiger charge is 2.22. The molecular weight excluding hydrogens is 210 g/mol. The number of aromatic nitrogens is 1. The maximum atomic E-state index is 9.88. The summed E-state index contributed by atoms with van der Waals surface area (Å²) in [4.78, 5) is 3.25. The molecule has 0 saturated heterocycles. The van der Waals surface area contributed by atoms with Gasteiger partial charge in [0.2, 0.25) is 0 Å². The molecule has 1 aromatic carbocycles. The van der Waals surface area contributed by atoms with Gasteiger partial charge in [0.1, 0.15) is 0 Å². The van der Waals surface area contributed by atoms with Gasteiger partial charge in [-0.05, 0) is 30.9 Å². The summed E-state index contributed by atoms with van der Waals surface area (Å²) >= 11 is 6.11. The first kappa shape index (κ1) is 9.25. The number of aryl methyl sites for hydroxylation is 1. The molecule has 2 N–H and O–H groups in total. The van der Waals surface area contributed by atoms with E-state index < -0.39 is 0 Å². The van der Waals surface area contributed by atoms with Gasteiger partial charge in [0.25, 0.3) is 0 Å². The Balaban J connectivity index is 2.35. The minimum absolute atomic E-state index is 0.350. The lowest BCUT2D eigenvalue weighted by molar-refractivity contribution is 0.153. The van der Waals surface area contributed by atoms with Crippen LogP contribution in [0.2, 0.25) is 5.02 Å². The summed E-state index contributed by atoms with van der Waals surface area (Å²) in [6, 6.07) is 5.90. The van der Waals surface area contributed by atoms with E-state index >= 15 is 0 Å². The number of aromatic amines is 1. The minimum Gasteiger partial charge on any atom is -0.387 e. The fourth-order valence-corrected chi connectivity index (χ4v) is 2.65. The molecule has 1 aromatic heterocycles. The molecule has 0 radical (unpaired) electrons. The molecule has 15 heavy (non-hydrogen) atoms. The van der Waals surface area contributed by atoms with Crippen LogP contribution in [0, 0.1) is 0 Å². The normalized spacial score (nSPS) is 20.5. The van der Waals surface area contributed by atoms with E-state index in [0.29, 0.717) is 0 Å². The molecule has 0 spiro atoms. The first-order valence-electron chi connectivity index (χ1n) is 5.24. The van der Waals surface area contributed by atoms with Crippen LogP contribution >= 0.6 is 11.6 Å². The number of fused-ring (bicyclic) bond motifs is 3. The topological polar surface area (TPSA) is 36.0 Å². The van der Waals surface area contributed by atoms with Crippen LogP contribution in [-0.4, -0.2) is 10.1 Å². The molecule has 3 rings (SSSR count). The quantitative estimate of drug-likeness (QED) is 0.704. The molecule has 1 unspecified atom stereocenters. The van der Waals surface area contributed by atoms with Crippen molar-refractivity contribution < 1.29 is 5.11 Å². The Morgan fingerprint density at radius 2 is 2.27 bits per heavy atom. The zero-order valence-corrected chi connectivity index (χ0v) is 9.01. The van der Waals surface area contributed by atoms with Gasteiger partial charge in [0, 0.05) is 11.1 Å². The van der Waals surface area contributed by atoms with Gasteiger partial charge in [-0.3, -0.25) is 0 Å². The van der Waals surface area contributed by atoms with Crippen LogP contribution in [0.4, 0.5) is 0 Å². The Morgan fingerprint density at radius 1 is 1.40 bits per heavy atom. The summed E-state index contributed by atoms with van der Waals surface area (Å²) in [5.41, 5.74) is 3.17. The summed E-state index contributed by atoms with van der Waals surface area (Å²) in [5.74, 6) is 0. The number of hydrogen-bond acceptors (Lipinski definition) is 1. The summed E-state index contributed by atoms with van der Waals surface area (Å²) in [6.45, 7) is 0. The number of nitrogens with one attached hydrogen (secondary N) is 1. The maximum Gasteiger partial charge on any atom is 0.0941 e. The van der Waals surface area contributed by atoms with Gasteiger partial charge in [-0.2, -0.15) is 0 Å². The zero-order chi connectivity index (χ0) is 10.4. The second-order valence-electron chi connectivity index (χ2n) is 4.09. The molecule has 0 bridgehead atoms. The van der Waals surface area contributed by atoms with Crippen LogP contribution in [0.15, 0.2) is 18.2 Å². The van der Waals surface area contributed by atoms with Crippen molar-refractivity contribution in [2.75, 3.05) is 0 Å². The summed E-state index contributed by atoms with van der Waals surface area (Å²) in [6.07, 6.45) is 2.58. The monoisotopic (exact) mass is 221 g/mol. The van der Waals surface area contributed by atoms with Crippen molar-refractivity contribution in [3.63, 3.8) is 0 Å². The van der Waals surface area contributed by atoms with E-state index in [1.165, 1.54) is 5.56 Å². The van der Waals surface area contributed by atoms with Crippen LogP contribution in [-0.2, 0) is 6.42 Å². The Hall–Kier alpha value is -0.990. The standard InChI is InChI=1S/C12H12ClNO/c13-9-5-1-3-7-8-4-2-6-10(15)12(8)14-11(7)9/h1,3,5,10,14-15H,2,4,6H2. The van der Waals surface area contributed by atoms with Crippen LogP contribution in [0.5, 0.6) is 0 Å². The highest BCUT2D eigenvalue weighted by atomic mass is 35.5. The summed E-state index contributed by atoms with van der Waals surface area (Å²) < 4.78 is 0. The lowest BCUT2D eigenvalue weighted by Crippen LogP contribution is -2.07. The van der Waals surface area contributed by atoms with Gasteiger partial charge in [0.05, 0.1) is 16.6 Å². The van der Waals surface area contributed by atoms with Crippen molar-refractivity contribution in [3.05, 3.63) is 34.5 Å². The van der Waals surface area contributed by atoms with E-state index in [4.69, 9.17) is 11.6 Å². The van der Waals surface area contributed by atoms with Crippen LogP contribution in [0.3, 0.4) is 0 Å². The molecule has 1 atom stereocenters. The SMILES string of the molecule is OC1CCCc2c1[nH]c1c(Cl)cccc21. The third-order valence-electron chi connectivity index (χ3n) is 3.16. The van der Waals surface area contributed by atoms with E-state index in [0.717, 1.165) is 40.9 Å². The van der Waals surface area contributed by atoms with Crippen molar-refractivity contribution >= 4 is 22.5 Å². The van der Waals surface area contributed by atoms with Crippen LogP contribution in [0.1, 0.15) is 30.2 Å². The van der Waals surface area contributed by atoms with Gasteiger partial charge in [0.15, 0.2) is 0 Å². The van der Waals surface area contributed by atoms with Gasteiger partial charge in [-0.1, -0.05) is 23.7 Å². The van der Waals surface area contributed by atoms with Crippen LogP contribution in [0.25, 0.3) is 10.9 Å². The largest absolute Gasteiger partial charge is 0.387 e. The molecule has 1 aliphatic carbocycles. The number of rotatable bonds is 0. The third-order valence-corrected chi connectivity index (χ3v) is 3.48. The van der Waals surface area contributed by atoms with E-state index in [9.17, 15) is 5.11 Å². The van der Waals surface area contributed by atoms with Gasteiger partial charge < -0.3 is 10.1 Å². The van der Waals surface area contributed by atoms with Crippen molar-refractivity contribution in [3.8, 4) is 0 Å². The third kappa shape index (κ3) is 1.29. The Morgan fingerprint density at radius 3 is 3.13 bits per heavy atom. The van der Waals surface area contributed by atoms with Crippen molar-refractivity contribution in [1.82, 2.24) is 4.98 Å². The molecule has 0 fully saturated rings. The van der Waals surface area contributed by atoms with Crippen molar-refractivity contribution in [2.24, 2.45) is 0 Å². The zero-order valence-electron chi connectivity index (χ0n) is 8.26. The average molecular weight is 222 g/mol. The Labute approximate surface area is 92.9 Å². The van der Waals surface area contributed by atoms with E-state index in [1.807, 2.05) is 12.1 Å². The number of para-hydroxylation sites is 1. The number of aliphatic hydroxyl groups is 1. The first-order valence-corrected chi connectivity index (χ1v) is 5.62. The molecule has 2 nitrogen and oxygen atoms in total.